The zero-order chi connectivity index (χ0) is 11.5. The van der Waals surface area contributed by atoms with Gasteiger partial charge in [0.15, 0.2) is 0 Å². The lowest BCUT2D eigenvalue weighted by Gasteiger charge is -2.18. The first-order valence-electron chi connectivity index (χ1n) is 5.20. The minimum atomic E-state index is -0.307. The highest BCUT2D eigenvalue weighted by molar-refractivity contribution is 5.78. The maximum absolute atomic E-state index is 9.30. The summed E-state index contributed by atoms with van der Waals surface area (Å²) in [7, 11) is 0. The zero-order valence-corrected chi connectivity index (χ0v) is 9.62. The second kappa shape index (κ2) is 4.61. The molecular weight excluding hydrogens is 192 g/mol. The van der Waals surface area contributed by atoms with Gasteiger partial charge >= 0.3 is 0 Å². The Morgan fingerprint density at radius 1 is 1.60 bits per heavy atom. The van der Waals surface area contributed by atoms with E-state index in [1.807, 2.05) is 20.8 Å². The molecule has 15 heavy (non-hydrogen) atoms. The molecule has 0 aromatic heterocycles. The third-order valence-electron chi connectivity index (χ3n) is 2.10. The van der Waals surface area contributed by atoms with Crippen LogP contribution in [0.5, 0.6) is 0 Å². The van der Waals surface area contributed by atoms with E-state index in [1.165, 1.54) is 0 Å². The van der Waals surface area contributed by atoms with Crippen molar-refractivity contribution in [3.05, 3.63) is 0 Å². The smallest absolute Gasteiger partial charge is 0.211 e. The first-order chi connectivity index (χ1) is 6.88. The summed E-state index contributed by atoms with van der Waals surface area (Å²) in [5.41, 5.74) is 2.68. The molecular formula is C10H20N4O. The summed E-state index contributed by atoms with van der Waals surface area (Å²) in [4.78, 5) is 1.78. The highest BCUT2D eigenvalue weighted by atomic mass is 16.3. The van der Waals surface area contributed by atoms with E-state index in [4.69, 9.17) is 5.41 Å². The summed E-state index contributed by atoms with van der Waals surface area (Å²) >= 11 is 0. The summed E-state index contributed by atoms with van der Waals surface area (Å²) in [6.07, 6.45) is 2.19. The van der Waals surface area contributed by atoms with Crippen molar-refractivity contribution in [2.75, 3.05) is 13.1 Å². The number of aliphatic hydroxyl groups excluding tert-OH is 1. The lowest BCUT2D eigenvalue weighted by atomic mass is 9.99. The summed E-state index contributed by atoms with van der Waals surface area (Å²) in [6.45, 7) is 7.37. The van der Waals surface area contributed by atoms with Crippen LogP contribution in [0, 0.1) is 10.8 Å². The molecule has 1 heterocycles. The minimum Gasteiger partial charge on any atom is -0.391 e. The van der Waals surface area contributed by atoms with E-state index < -0.39 is 0 Å². The molecule has 1 atom stereocenters. The summed E-state index contributed by atoms with van der Waals surface area (Å²) < 4.78 is 0. The maximum Gasteiger partial charge on any atom is 0.211 e. The van der Waals surface area contributed by atoms with E-state index in [2.05, 4.69) is 10.5 Å². The number of hydrazone groups is 1. The van der Waals surface area contributed by atoms with E-state index in [9.17, 15) is 5.11 Å². The number of hydrogen-bond donors (Lipinski definition) is 3. The van der Waals surface area contributed by atoms with E-state index in [1.54, 1.807) is 11.1 Å². The standard InChI is InChI=1S/C10H20N4O/c1-10(2,3)7-12-13-9(11)14-5-4-8(15)6-14/h7-8,15H,4-6H2,1-3H3,(H2,11,13)/b12-7+. The Balaban J connectivity index is 2.34. The number of aliphatic hydroxyl groups is 1. The van der Waals surface area contributed by atoms with Gasteiger partial charge in [0.05, 0.1) is 6.10 Å². The molecule has 86 valence electrons. The molecule has 3 N–H and O–H groups in total. The van der Waals surface area contributed by atoms with Gasteiger partial charge in [0.2, 0.25) is 5.96 Å². The van der Waals surface area contributed by atoms with Crippen molar-refractivity contribution in [2.45, 2.75) is 33.3 Å². The Hall–Kier alpha value is -1.10. The fourth-order valence-corrected chi connectivity index (χ4v) is 1.30. The van der Waals surface area contributed by atoms with Gasteiger partial charge < -0.3 is 10.0 Å². The van der Waals surface area contributed by atoms with E-state index in [0.29, 0.717) is 6.54 Å². The van der Waals surface area contributed by atoms with Gasteiger partial charge in [-0.1, -0.05) is 20.8 Å². The van der Waals surface area contributed by atoms with Crippen molar-refractivity contribution in [1.29, 1.82) is 5.41 Å². The molecule has 1 rings (SSSR count). The fraction of sp³-hybridized carbons (Fsp3) is 0.800. The van der Waals surface area contributed by atoms with Crippen LogP contribution in [0.3, 0.4) is 0 Å². The summed E-state index contributed by atoms with van der Waals surface area (Å²) in [5, 5.41) is 21.0. The monoisotopic (exact) mass is 212 g/mol. The van der Waals surface area contributed by atoms with Crippen LogP contribution >= 0.6 is 0 Å². The molecule has 0 radical (unpaired) electrons. The molecule has 5 nitrogen and oxygen atoms in total. The third kappa shape index (κ3) is 4.29. The Morgan fingerprint density at radius 3 is 2.73 bits per heavy atom. The maximum atomic E-state index is 9.30. The van der Waals surface area contributed by atoms with Gasteiger partial charge in [-0.05, 0) is 11.8 Å². The molecule has 0 saturated carbocycles. The predicted octanol–water partition coefficient (Wildman–Crippen LogP) is 0.609. The lowest BCUT2D eigenvalue weighted by Crippen LogP contribution is -2.37. The second-order valence-corrected chi connectivity index (χ2v) is 4.97. The van der Waals surface area contributed by atoms with Gasteiger partial charge in [-0.15, -0.1) is 0 Å². The Bertz CT molecular complexity index is 257. The Kier molecular flexibility index (Phi) is 3.68. The Labute approximate surface area is 90.7 Å². The molecule has 0 spiro atoms. The van der Waals surface area contributed by atoms with Crippen LogP contribution in [0.25, 0.3) is 0 Å². The molecule has 1 aliphatic rings. The first kappa shape index (κ1) is 12.0. The minimum absolute atomic E-state index is 0.0117. The predicted molar refractivity (Wildman–Crippen MR) is 61.0 cm³/mol. The average molecular weight is 212 g/mol. The average Bonchev–Trinajstić information content (AvgIpc) is 2.49. The molecule has 1 saturated heterocycles. The summed E-state index contributed by atoms with van der Waals surface area (Å²) in [5.74, 6) is 0.257. The molecule has 5 heteroatoms. The number of hydrogen-bond acceptors (Lipinski definition) is 3. The Morgan fingerprint density at radius 2 is 2.27 bits per heavy atom. The molecule has 1 fully saturated rings. The normalized spacial score (nSPS) is 22.4. The van der Waals surface area contributed by atoms with Crippen molar-refractivity contribution >= 4 is 12.2 Å². The van der Waals surface area contributed by atoms with Crippen molar-refractivity contribution in [3.63, 3.8) is 0 Å². The van der Waals surface area contributed by atoms with Gasteiger partial charge in [0, 0.05) is 19.3 Å². The zero-order valence-electron chi connectivity index (χ0n) is 9.62. The molecule has 1 unspecified atom stereocenters. The van der Waals surface area contributed by atoms with Crippen molar-refractivity contribution in [1.82, 2.24) is 10.3 Å². The number of β-amino-alcohol motifs (C(OH)–C–C–N with tert-alkyl or cyclic N) is 1. The number of rotatable bonds is 1. The SMILES string of the molecule is CC(C)(C)/C=N/NC(=N)N1CCC(O)C1. The number of guanidine groups is 1. The lowest BCUT2D eigenvalue weighted by molar-refractivity contribution is 0.187. The van der Waals surface area contributed by atoms with Crippen LogP contribution in [0.2, 0.25) is 0 Å². The highest BCUT2D eigenvalue weighted by Crippen LogP contribution is 2.09. The van der Waals surface area contributed by atoms with E-state index >= 15 is 0 Å². The van der Waals surface area contributed by atoms with Gasteiger partial charge in [0.1, 0.15) is 0 Å². The van der Waals surface area contributed by atoms with Gasteiger partial charge in [-0.25, -0.2) is 5.43 Å². The molecule has 0 bridgehead atoms. The van der Waals surface area contributed by atoms with Crippen LogP contribution in [-0.2, 0) is 0 Å². The van der Waals surface area contributed by atoms with Crippen LogP contribution in [0.15, 0.2) is 5.10 Å². The van der Waals surface area contributed by atoms with Crippen LogP contribution in [0.4, 0.5) is 0 Å². The van der Waals surface area contributed by atoms with Crippen molar-refractivity contribution in [2.24, 2.45) is 10.5 Å². The van der Waals surface area contributed by atoms with E-state index in [0.717, 1.165) is 13.0 Å². The second-order valence-electron chi connectivity index (χ2n) is 4.97. The molecule has 0 amide bonds. The van der Waals surface area contributed by atoms with Gasteiger partial charge in [-0.3, -0.25) is 5.41 Å². The molecule has 0 aliphatic carbocycles. The van der Waals surface area contributed by atoms with Crippen molar-refractivity contribution < 1.29 is 5.11 Å². The summed E-state index contributed by atoms with van der Waals surface area (Å²) in [6, 6.07) is 0. The topological polar surface area (TPSA) is 71.7 Å². The molecule has 0 aromatic rings. The van der Waals surface area contributed by atoms with E-state index in [-0.39, 0.29) is 17.5 Å². The molecule has 1 aliphatic heterocycles. The van der Waals surface area contributed by atoms with Crippen molar-refractivity contribution in [3.8, 4) is 0 Å². The van der Waals surface area contributed by atoms with Gasteiger partial charge in [-0.2, -0.15) is 5.10 Å². The number of likely N-dealkylation sites (tertiary alicyclic amines) is 1. The number of nitrogens with zero attached hydrogens (tertiary/aromatic N) is 2. The van der Waals surface area contributed by atoms with Crippen LogP contribution in [0.1, 0.15) is 27.2 Å². The quantitative estimate of drug-likeness (QED) is 0.339. The third-order valence-corrected chi connectivity index (χ3v) is 2.10. The van der Waals surface area contributed by atoms with Crippen LogP contribution in [-0.4, -0.2) is 41.4 Å². The molecule has 0 aromatic carbocycles. The van der Waals surface area contributed by atoms with Crippen LogP contribution < -0.4 is 5.43 Å². The first-order valence-corrected chi connectivity index (χ1v) is 5.20. The highest BCUT2D eigenvalue weighted by Gasteiger charge is 2.22. The largest absolute Gasteiger partial charge is 0.391 e. The fourth-order valence-electron chi connectivity index (χ4n) is 1.30. The number of nitrogens with one attached hydrogen (secondary N) is 2. The van der Waals surface area contributed by atoms with Gasteiger partial charge in [0.25, 0.3) is 0 Å².